The first kappa shape index (κ1) is 16.5. The van der Waals surface area contributed by atoms with Crippen molar-refractivity contribution in [2.24, 2.45) is 5.92 Å². The molecule has 1 N–H and O–H groups in total. The van der Waals surface area contributed by atoms with Crippen molar-refractivity contribution in [1.29, 1.82) is 0 Å². The third kappa shape index (κ3) is 4.80. The molecule has 1 aliphatic carbocycles. The molecule has 0 spiro atoms. The van der Waals surface area contributed by atoms with E-state index >= 15 is 0 Å². The molecule has 5 heteroatoms. The molecule has 0 atom stereocenters. The number of halogens is 1. The second-order valence-corrected chi connectivity index (χ2v) is 7.23. The Morgan fingerprint density at radius 3 is 3.00 bits per heavy atom. The van der Waals surface area contributed by atoms with E-state index in [2.05, 4.69) is 5.32 Å². The molecular formula is C18H20ClNO2S. The average Bonchev–Trinajstić information content (AvgIpc) is 3.33. The SMILES string of the molecule is O=C(/C=C/c1sc2ccccc2c1Cl)NCCCOCC1CC1. The van der Waals surface area contributed by atoms with Gasteiger partial charge in [0, 0.05) is 40.8 Å². The Kier molecular flexibility index (Phi) is 5.70. The van der Waals surface area contributed by atoms with Crippen molar-refractivity contribution in [3.63, 3.8) is 0 Å². The van der Waals surface area contributed by atoms with Gasteiger partial charge in [0.2, 0.25) is 5.91 Å². The monoisotopic (exact) mass is 349 g/mol. The summed E-state index contributed by atoms with van der Waals surface area (Å²) in [5.74, 6) is 0.694. The van der Waals surface area contributed by atoms with E-state index in [0.717, 1.165) is 33.9 Å². The van der Waals surface area contributed by atoms with Gasteiger partial charge < -0.3 is 10.1 Å². The Hall–Kier alpha value is -1.36. The Balaban J connectivity index is 1.42. The predicted octanol–water partition coefficient (Wildman–Crippen LogP) is 4.50. The minimum absolute atomic E-state index is 0.0966. The van der Waals surface area contributed by atoms with Crippen LogP contribution < -0.4 is 5.32 Å². The number of nitrogens with one attached hydrogen (secondary N) is 1. The van der Waals surface area contributed by atoms with Crippen LogP contribution >= 0.6 is 22.9 Å². The summed E-state index contributed by atoms with van der Waals surface area (Å²) in [5.41, 5.74) is 0. The van der Waals surface area contributed by atoms with Crippen LogP contribution in [0.1, 0.15) is 24.1 Å². The molecule has 0 aliphatic heterocycles. The molecule has 3 nitrogen and oxygen atoms in total. The van der Waals surface area contributed by atoms with Crippen molar-refractivity contribution < 1.29 is 9.53 Å². The van der Waals surface area contributed by atoms with E-state index in [-0.39, 0.29) is 5.91 Å². The van der Waals surface area contributed by atoms with Gasteiger partial charge >= 0.3 is 0 Å². The van der Waals surface area contributed by atoms with E-state index in [9.17, 15) is 4.79 Å². The van der Waals surface area contributed by atoms with E-state index in [0.29, 0.717) is 18.2 Å². The summed E-state index contributed by atoms with van der Waals surface area (Å²) in [6, 6.07) is 7.98. The lowest BCUT2D eigenvalue weighted by molar-refractivity contribution is -0.116. The Morgan fingerprint density at radius 2 is 2.22 bits per heavy atom. The highest BCUT2D eigenvalue weighted by molar-refractivity contribution is 7.20. The molecule has 1 aromatic carbocycles. The number of hydrogen-bond acceptors (Lipinski definition) is 3. The van der Waals surface area contributed by atoms with Crippen molar-refractivity contribution in [3.8, 4) is 0 Å². The van der Waals surface area contributed by atoms with Crippen LogP contribution in [0.25, 0.3) is 16.2 Å². The smallest absolute Gasteiger partial charge is 0.244 e. The van der Waals surface area contributed by atoms with Gasteiger partial charge in [-0.1, -0.05) is 29.8 Å². The van der Waals surface area contributed by atoms with Crippen LogP contribution in [-0.4, -0.2) is 25.7 Å². The third-order valence-corrected chi connectivity index (χ3v) is 5.42. The van der Waals surface area contributed by atoms with Gasteiger partial charge in [0.05, 0.1) is 5.02 Å². The second-order valence-electron chi connectivity index (χ2n) is 5.77. The van der Waals surface area contributed by atoms with E-state index in [1.54, 1.807) is 23.5 Å². The summed E-state index contributed by atoms with van der Waals surface area (Å²) in [4.78, 5) is 12.7. The van der Waals surface area contributed by atoms with Gasteiger partial charge in [-0.15, -0.1) is 11.3 Å². The normalized spacial score (nSPS) is 14.7. The van der Waals surface area contributed by atoms with Crippen molar-refractivity contribution in [3.05, 3.63) is 40.2 Å². The van der Waals surface area contributed by atoms with Crippen molar-refractivity contribution in [2.45, 2.75) is 19.3 Å². The number of ether oxygens (including phenoxy) is 1. The number of rotatable bonds is 8. The summed E-state index contributed by atoms with van der Waals surface area (Å²) >= 11 is 7.93. The highest BCUT2D eigenvalue weighted by Crippen LogP contribution is 2.35. The average molecular weight is 350 g/mol. The molecule has 3 rings (SSSR count). The van der Waals surface area contributed by atoms with Crippen molar-refractivity contribution in [1.82, 2.24) is 5.32 Å². The molecule has 1 fully saturated rings. The number of carbonyl (C=O) groups is 1. The molecule has 1 saturated carbocycles. The van der Waals surface area contributed by atoms with Crippen molar-refractivity contribution >= 4 is 45.0 Å². The standard InChI is InChI=1S/C18H20ClNO2S/c19-18-14-4-1-2-5-15(14)23-16(18)8-9-17(21)20-10-3-11-22-12-13-6-7-13/h1-2,4-5,8-9,13H,3,6-7,10-12H2,(H,20,21)/b9-8+. The molecule has 122 valence electrons. The molecular weight excluding hydrogens is 330 g/mol. The number of amides is 1. The molecule has 1 aromatic heterocycles. The van der Waals surface area contributed by atoms with E-state index in [4.69, 9.17) is 16.3 Å². The lowest BCUT2D eigenvalue weighted by atomic mass is 10.2. The van der Waals surface area contributed by atoms with Crippen LogP contribution in [0, 0.1) is 5.92 Å². The summed E-state index contributed by atoms with van der Waals surface area (Å²) < 4.78 is 6.66. The van der Waals surface area contributed by atoms with E-state index in [1.165, 1.54) is 12.8 Å². The molecule has 1 heterocycles. The highest BCUT2D eigenvalue weighted by atomic mass is 35.5. The van der Waals surface area contributed by atoms with Gasteiger partial charge in [0.25, 0.3) is 0 Å². The Labute approximate surface area is 145 Å². The van der Waals surface area contributed by atoms with Crippen LogP contribution in [0.15, 0.2) is 30.3 Å². The molecule has 1 aliphatic rings. The topological polar surface area (TPSA) is 38.3 Å². The molecule has 0 saturated heterocycles. The zero-order chi connectivity index (χ0) is 16.1. The molecule has 2 aromatic rings. The molecule has 0 bridgehead atoms. The summed E-state index contributed by atoms with van der Waals surface area (Å²) in [5, 5.41) is 4.61. The number of hydrogen-bond donors (Lipinski definition) is 1. The lowest BCUT2D eigenvalue weighted by Gasteiger charge is -2.03. The largest absolute Gasteiger partial charge is 0.381 e. The predicted molar refractivity (Wildman–Crippen MR) is 97.0 cm³/mol. The van der Waals surface area contributed by atoms with Gasteiger partial charge in [-0.2, -0.15) is 0 Å². The fraction of sp³-hybridized carbons (Fsp3) is 0.389. The number of benzene rings is 1. The van der Waals surface area contributed by atoms with Gasteiger partial charge in [-0.25, -0.2) is 0 Å². The van der Waals surface area contributed by atoms with Crippen LogP contribution in [0.3, 0.4) is 0 Å². The number of fused-ring (bicyclic) bond motifs is 1. The van der Waals surface area contributed by atoms with E-state index in [1.807, 2.05) is 24.3 Å². The molecule has 0 unspecified atom stereocenters. The Bertz CT molecular complexity index is 706. The van der Waals surface area contributed by atoms with Gasteiger partial charge in [0.1, 0.15) is 0 Å². The fourth-order valence-electron chi connectivity index (χ4n) is 2.27. The number of thiophene rings is 1. The summed E-state index contributed by atoms with van der Waals surface area (Å²) in [6.07, 6.45) is 6.78. The van der Waals surface area contributed by atoms with Crippen LogP contribution in [0.5, 0.6) is 0 Å². The maximum absolute atomic E-state index is 11.8. The quantitative estimate of drug-likeness (QED) is 0.563. The molecule has 1 amide bonds. The number of carbonyl (C=O) groups excluding carboxylic acids is 1. The van der Waals surface area contributed by atoms with Crippen LogP contribution in [-0.2, 0) is 9.53 Å². The minimum Gasteiger partial charge on any atom is -0.381 e. The van der Waals surface area contributed by atoms with Gasteiger partial charge in [-0.3, -0.25) is 4.79 Å². The second kappa shape index (κ2) is 7.95. The first-order chi connectivity index (χ1) is 11.2. The van der Waals surface area contributed by atoms with Gasteiger partial charge in [0.15, 0.2) is 0 Å². The van der Waals surface area contributed by atoms with E-state index < -0.39 is 0 Å². The zero-order valence-corrected chi connectivity index (χ0v) is 14.5. The van der Waals surface area contributed by atoms with Crippen molar-refractivity contribution in [2.75, 3.05) is 19.8 Å². The molecule has 23 heavy (non-hydrogen) atoms. The zero-order valence-electron chi connectivity index (χ0n) is 12.9. The third-order valence-electron chi connectivity index (χ3n) is 3.76. The van der Waals surface area contributed by atoms with Crippen LogP contribution in [0.2, 0.25) is 5.02 Å². The fourth-order valence-corrected chi connectivity index (χ4v) is 3.67. The lowest BCUT2D eigenvalue weighted by Crippen LogP contribution is -2.23. The summed E-state index contributed by atoms with van der Waals surface area (Å²) in [7, 11) is 0. The maximum atomic E-state index is 11.8. The highest BCUT2D eigenvalue weighted by Gasteiger charge is 2.20. The Morgan fingerprint density at radius 1 is 1.39 bits per heavy atom. The molecule has 0 radical (unpaired) electrons. The van der Waals surface area contributed by atoms with Crippen LogP contribution in [0.4, 0.5) is 0 Å². The van der Waals surface area contributed by atoms with Gasteiger partial charge in [-0.05, 0) is 37.3 Å². The minimum atomic E-state index is -0.0966. The summed E-state index contributed by atoms with van der Waals surface area (Å²) in [6.45, 7) is 2.22. The maximum Gasteiger partial charge on any atom is 0.244 e. The first-order valence-corrected chi connectivity index (χ1v) is 9.14. The first-order valence-electron chi connectivity index (χ1n) is 7.95.